The summed E-state index contributed by atoms with van der Waals surface area (Å²) in [4.78, 5) is 3.91. The van der Waals surface area contributed by atoms with Gasteiger partial charge >= 0.3 is 0 Å². The summed E-state index contributed by atoms with van der Waals surface area (Å²) >= 11 is 11.6. The molecule has 11 heavy (non-hydrogen) atoms. The average Bonchev–Trinajstić information content (AvgIpc) is 2.11. The molecule has 0 saturated heterocycles. The Morgan fingerprint density at radius 2 is 1.91 bits per heavy atom. The van der Waals surface area contributed by atoms with Crippen molar-refractivity contribution in [2.45, 2.75) is 19.6 Å². The van der Waals surface area contributed by atoms with Crippen molar-refractivity contribution in [2.24, 2.45) is 0 Å². The fourth-order valence-electron chi connectivity index (χ4n) is 0.779. The summed E-state index contributed by atoms with van der Waals surface area (Å²) in [6.45, 7) is 6.53. The predicted octanol–water partition coefficient (Wildman–Crippen LogP) is 2.87. The molecule has 0 aliphatic heterocycles. The number of hydrogen-bond acceptors (Lipinski definition) is 1. The molecule has 2 nitrogen and oxygen atoms in total. The van der Waals surface area contributed by atoms with Gasteiger partial charge in [0.1, 0.15) is 5.15 Å². The van der Waals surface area contributed by atoms with E-state index in [0.29, 0.717) is 10.3 Å². The molecule has 0 fully saturated rings. The third kappa shape index (κ3) is 1.78. The first-order chi connectivity index (χ1) is 4.93. The molecule has 0 radical (unpaired) electrons. The van der Waals surface area contributed by atoms with Crippen LogP contribution in [0.1, 0.15) is 0 Å². The van der Waals surface area contributed by atoms with Gasteiger partial charge in [-0.1, -0.05) is 42.8 Å². The van der Waals surface area contributed by atoms with Gasteiger partial charge in [0.25, 0.3) is 0 Å². The highest BCUT2D eigenvalue weighted by molar-refractivity contribution is 6.75. The van der Waals surface area contributed by atoms with Gasteiger partial charge in [-0.3, -0.25) is 0 Å². The van der Waals surface area contributed by atoms with Crippen molar-refractivity contribution in [1.82, 2.24) is 9.22 Å². The van der Waals surface area contributed by atoms with Gasteiger partial charge in [0.05, 0.1) is 6.33 Å². The normalized spacial score (nSPS) is 12.1. The van der Waals surface area contributed by atoms with Gasteiger partial charge in [0.15, 0.2) is 13.4 Å². The van der Waals surface area contributed by atoms with Crippen LogP contribution in [0, 0.1) is 0 Å². The van der Waals surface area contributed by atoms with Crippen LogP contribution < -0.4 is 0 Å². The van der Waals surface area contributed by atoms with Crippen LogP contribution in [0.2, 0.25) is 29.9 Å². The van der Waals surface area contributed by atoms with Crippen molar-refractivity contribution < 1.29 is 0 Å². The molecule has 0 unspecified atom stereocenters. The van der Waals surface area contributed by atoms with Crippen molar-refractivity contribution in [3.05, 3.63) is 16.6 Å². The Kier molecular flexibility index (Phi) is 2.32. The van der Waals surface area contributed by atoms with Gasteiger partial charge in [-0.2, -0.15) is 0 Å². The van der Waals surface area contributed by atoms with Gasteiger partial charge < -0.3 is 4.23 Å². The summed E-state index contributed by atoms with van der Waals surface area (Å²) in [5, 5.41) is 0.958. The summed E-state index contributed by atoms with van der Waals surface area (Å²) in [7, 11) is -1.42. The van der Waals surface area contributed by atoms with Crippen LogP contribution in [0.5, 0.6) is 0 Å². The second kappa shape index (κ2) is 2.81. The highest BCUT2D eigenvalue weighted by Crippen LogP contribution is 2.22. The Morgan fingerprint density at radius 3 is 2.09 bits per heavy atom. The molecular formula is C6H10Cl2N2Si. The molecule has 0 saturated carbocycles. The van der Waals surface area contributed by atoms with E-state index in [1.165, 1.54) is 0 Å². The number of nitrogens with zero attached hydrogens (tertiary/aromatic N) is 2. The van der Waals surface area contributed by atoms with E-state index in [-0.39, 0.29) is 0 Å². The van der Waals surface area contributed by atoms with Crippen LogP contribution >= 0.6 is 23.2 Å². The Bertz CT molecular complexity index is 264. The maximum absolute atomic E-state index is 5.90. The fraction of sp³-hybridized carbons (Fsp3) is 0.500. The number of halogens is 2. The van der Waals surface area contributed by atoms with Gasteiger partial charge in [0.2, 0.25) is 0 Å². The van der Waals surface area contributed by atoms with E-state index in [9.17, 15) is 0 Å². The lowest BCUT2D eigenvalue weighted by Gasteiger charge is -2.18. The lowest BCUT2D eigenvalue weighted by Crippen LogP contribution is -2.31. The molecule has 0 aromatic carbocycles. The average molecular weight is 209 g/mol. The van der Waals surface area contributed by atoms with Crippen LogP contribution in [0.15, 0.2) is 6.33 Å². The largest absolute Gasteiger partial charge is 0.349 e. The highest BCUT2D eigenvalue weighted by Gasteiger charge is 2.20. The topological polar surface area (TPSA) is 17.8 Å². The second-order valence-electron chi connectivity index (χ2n) is 3.37. The van der Waals surface area contributed by atoms with Crippen molar-refractivity contribution in [3.8, 4) is 0 Å². The van der Waals surface area contributed by atoms with E-state index < -0.39 is 8.24 Å². The zero-order chi connectivity index (χ0) is 8.65. The number of imidazole rings is 1. The lowest BCUT2D eigenvalue weighted by atomic mass is 10.9. The second-order valence-corrected chi connectivity index (χ2v) is 8.91. The van der Waals surface area contributed by atoms with Crippen LogP contribution in [-0.4, -0.2) is 17.5 Å². The molecule has 0 amide bonds. The summed E-state index contributed by atoms with van der Waals surface area (Å²) in [6, 6.07) is 0. The van der Waals surface area contributed by atoms with E-state index in [1.807, 2.05) is 4.23 Å². The van der Waals surface area contributed by atoms with Gasteiger partial charge in [-0.05, 0) is 0 Å². The first-order valence-corrected chi connectivity index (χ1v) is 7.52. The maximum Gasteiger partial charge on any atom is 0.165 e. The lowest BCUT2D eigenvalue weighted by molar-refractivity contribution is 1.12. The summed E-state index contributed by atoms with van der Waals surface area (Å²) < 4.78 is 1.97. The first-order valence-electron chi connectivity index (χ1n) is 3.32. The number of hydrogen-bond donors (Lipinski definition) is 0. The van der Waals surface area contributed by atoms with Crippen LogP contribution in [-0.2, 0) is 0 Å². The van der Waals surface area contributed by atoms with Crippen LogP contribution in [0.3, 0.4) is 0 Å². The van der Waals surface area contributed by atoms with Crippen molar-refractivity contribution in [3.63, 3.8) is 0 Å². The summed E-state index contributed by atoms with van der Waals surface area (Å²) in [6.07, 6.45) is 1.71. The zero-order valence-electron chi connectivity index (χ0n) is 6.73. The predicted molar refractivity (Wildman–Crippen MR) is 51.0 cm³/mol. The molecule has 5 heteroatoms. The molecule has 0 atom stereocenters. The standard InChI is InChI=1S/C6H10Cl2N2Si/c1-11(2,3)10-4-9-5(7)6(10)8/h4H,1-3H3. The minimum atomic E-state index is -1.42. The van der Waals surface area contributed by atoms with E-state index in [1.54, 1.807) is 6.33 Å². The smallest absolute Gasteiger partial charge is 0.165 e. The monoisotopic (exact) mass is 208 g/mol. The first kappa shape index (κ1) is 9.10. The number of aromatic nitrogens is 2. The minimum absolute atomic E-state index is 0.397. The summed E-state index contributed by atoms with van der Waals surface area (Å²) in [5.41, 5.74) is 0. The molecule has 1 aromatic rings. The Labute approximate surface area is 77.2 Å². The quantitative estimate of drug-likeness (QED) is 0.650. The maximum atomic E-state index is 5.90. The molecule has 0 aliphatic rings. The Morgan fingerprint density at radius 1 is 1.36 bits per heavy atom. The molecule has 1 heterocycles. The molecule has 0 bridgehead atoms. The zero-order valence-corrected chi connectivity index (χ0v) is 9.24. The van der Waals surface area contributed by atoms with Gasteiger partial charge in [-0.15, -0.1) is 0 Å². The SMILES string of the molecule is C[Si](C)(C)n1cnc(Cl)c1Cl. The van der Waals surface area contributed by atoms with E-state index in [2.05, 4.69) is 24.6 Å². The number of rotatable bonds is 1. The fourth-order valence-corrected chi connectivity index (χ4v) is 2.94. The molecule has 0 N–H and O–H groups in total. The van der Waals surface area contributed by atoms with Gasteiger partial charge in [0, 0.05) is 0 Å². The molecule has 0 aliphatic carbocycles. The third-order valence-corrected chi connectivity index (χ3v) is 4.05. The van der Waals surface area contributed by atoms with Crippen molar-refractivity contribution >= 4 is 31.4 Å². The van der Waals surface area contributed by atoms with E-state index in [4.69, 9.17) is 23.2 Å². The minimum Gasteiger partial charge on any atom is -0.349 e. The molecular weight excluding hydrogens is 199 g/mol. The molecule has 62 valence electrons. The van der Waals surface area contributed by atoms with E-state index in [0.717, 1.165) is 0 Å². The molecule has 1 aromatic heterocycles. The van der Waals surface area contributed by atoms with E-state index >= 15 is 0 Å². The Balaban J connectivity index is 3.15. The van der Waals surface area contributed by atoms with Gasteiger partial charge in [-0.25, -0.2) is 4.98 Å². The molecule has 1 rings (SSSR count). The Hall–Kier alpha value is 0.00688. The van der Waals surface area contributed by atoms with Crippen molar-refractivity contribution in [1.29, 1.82) is 0 Å². The van der Waals surface area contributed by atoms with Crippen LogP contribution in [0.25, 0.3) is 0 Å². The highest BCUT2D eigenvalue weighted by atomic mass is 35.5. The molecule has 0 spiro atoms. The third-order valence-electron chi connectivity index (χ3n) is 1.39. The van der Waals surface area contributed by atoms with Crippen molar-refractivity contribution in [2.75, 3.05) is 0 Å². The summed E-state index contributed by atoms with van der Waals surface area (Å²) in [5.74, 6) is 0. The van der Waals surface area contributed by atoms with Crippen LogP contribution in [0.4, 0.5) is 0 Å².